The van der Waals surface area contributed by atoms with Gasteiger partial charge in [-0.15, -0.1) is 11.8 Å². The fraction of sp³-hybridized carbons (Fsp3) is 0.333. The molecule has 2 aromatic rings. The van der Waals surface area contributed by atoms with Gasteiger partial charge in [-0.1, -0.05) is 48.3 Å². The van der Waals surface area contributed by atoms with Crippen molar-refractivity contribution in [2.24, 2.45) is 0 Å². The molecule has 0 saturated heterocycles. The molecule has 0 fully saturated rings. The normalized spacial score (nSPS) is 11.7. The topological polar surface area (TPSA) is 49.4 Å². The quantitative estimate of drug-likeness (QED) is 0.558. The zero-order chi connectivity index (χ0) is 20.5. The van der Waals surface area contributed by atoms with Crippen molar-refractivity contribution in [2.45, 2.75) is 37.8 Å². The Morgan fingerprint density at radius 2 is 1.75 bits per heavy atom. The lowest BCUT2D eigenvalue weighted by Crippen LogP contribution is -2.49. The highest BCUT2D eigenvalue weighted by Gasteiger charge is 2.28. The summed E-state index contributed by atoms with van der Waals surface area (Å²) < 4.78 is 0. The van der Waals surface area contributed by atoms with Crippen molar-refractivity contribution in [1.29, 1.82) is 0 Å². The first-order chi connectivity index (χ1) is 13.5. The van der Waals surface area contributed by atoms with Gasteiger partial charge in [0.15, 0.2) is 0 Å². The van der Waals surface area contributed by atoms with Crippen LogP contribution in [0.5, 0.6) is 0 Å². The molecular formula is C21H24Cl2N2O2S. The molecule has 1 atom stereocenters. The largest absolute Gasteiger partial charge is 0.355 e. The van der Waals surface area contributed by atoms with E-state index in [-0.39, 0.29) is 24.1 Å². The molecule has 2 aromatic carbocycles. The summed E-state index contributed by atoms with van der Waals surface area (Å²) >= 11 is 13.6. The monoisotopic (exact) mass is 438 g/mol. The van der Waals surface area contributed by atoms with Crippen LogP contribution in [0.15, 0.2) is 53.4 Å². The van der Waals surface area contributed by atoms with Gasteiger partial charge in [0.2, 0.25) is 11.8 Å². The molecule has 0 bridgehead atoms. The van der Waals surface area contributed by atoms with Crippen LogP contribution in [0.2, 0.25) is 10.0 Å². The molecule has 150 valence electrons. The number of carbonyl (C=O) groups is 2. The Kier molecular flexibility index (Phi) is 9.16. The lowest BCUT2D eigenvalue weighted by atomic mass is 10.1. The number of carbonyl (C=O) groups excluding carboxylic acids is 2. The van der Waals surface area contributed by atoms with Gasteiger partial charge in [-0.2, -0.15) is 0 Å². The van der Waals surface area contributed by atoms with E-state index in [9.17, 15) is 9.59 Å². The summed E-state index contributed by atoms with van der Waals surface area (Å²) in [5.74, 6) is -0.0398. The van der Waals surface area contributed by atoms with Crippen LogP contribution in [-0.4, -0.2) is 35.1 Å². The van der Waals surface area contributed by atoms with Gasteiger partial charge in [-0.25, -0.2) is 0 Å². The second-order valence-electron chi connectivity index (χ2n) is 6.17. The predicted molar refractivity (Wildman–Crippen MR) is 117 cm³/mol. The fourth-order valence-corrected chi connectivity index (χ4v) is 3.89. The molecule has 7 heteroatoms. The number of thioether (sulfide) groups is 1. The van der Waals surface area contributed by atoms with Gasteiger partial charge in [0.05, 0.1) is 5.75 Å². The molecule has 0 aliphatic carbocycles. The van der Waals surface area contributed by atoms with Crippen LogP contribution in [0.3, 0.4) is 0 Å². The van der Waals surface area contributed by atoms with Crippen LogP contribution in [0.4, 0.5) is 0 Å². The minimum Gasteiger partial charge on any atom is -0.355 e. The average molecular weight is 439 g/mol. The average Bonchev–Trinajstić information content (AvgIpc) is 2.69. The van der Waals surface area contributed by atoms with Crippen molar-refractivity contribution < 1.29 is 9.59 Å². The highest BCUT2D eigenvalue weighted by Crippen LogP contribution is 2.24. The highest BCUT2D eigenvalue weighted by molar-refractivity contribution is 8.00. The first-order valence-corrected chi connectivity index (χ1v) is 10.9. The van der Waals surface area contributed by atoms with Gasteiger partial charge >= 0.3 is 0 Å². The summed E-state index contributed by atoms with van der Waals surface area (Å²) in [5.41, 5.74) is 0.816. The smallest absolute Gasteiger partial charge is 0.242 e. The van der Waals surface area contributed by atoms with Gasteiger partial charge in [0.1, 0.15) is 6.04 Å². The van der Waals surface area contributed by atoms with E-state index in [1.807, 2.05) is 44.2 Å². The summed E-state index contributed by atoms with van der Waals surface area (Å²) in [6.45, 7) is 4.57. The van der Waals surface area contributed by atoms with Crippen LogP contribution in [-0.2, 0) is 16.1 Å². The van der Waals surface area contributed by atoms with Crippen LogP contribution >= 0.6 is 35.0 Å². The summed E-state index contributed by atoms with van der Waals surface area (Å²) in [4.78, 5) is 28.2. The van der Waals surface area contributed by atoms with E-state index >= 15 is 0 Å². The number of likely N-dealkylation sites (N-methyl/N-ethyl adjacent to an activating group) is 1. The standard InChI is InChI=1S/C21H24Cl2N2O2S/c1-3-19(21(27)24-4-2)25(13-15-7-5-6-8-18(15)23)20(26)14-28-17-11-9-16(22)10-12-17/h5-12,19H,3-4,13-14H2,1-2H3,(H,24,27). The molecule has 0 aliphatic rings. The summed E-state index contributed by atoms with van der Waals surface area (Å²) in [7, 11) is 0. The maximum absolute atomic E-state index is 13.1. The molecule has 0 aromatic heterocycles. The summed E-state index contributed by atoms with van der Waals surface area (Å²) in [6.07, 6.45) is 0.521. The van der Waals surface area contributed by atoms with Crippen molar-refractivity contribution in [1.82, 2.24) is 10.2 Å². The minimum absolute atomic E-state index is 0.113. The number of rotatable bonds is 9. The van der Waals surface area contributed by atoms with E-state index in [0.717, 1.165) is 10.5 Å². The molecule has 1 unspecified atom stereocenters. The van der Waals surface area contributed by atoms with E-state index in [1.54, 1.807) is 23.1 Å². The van der Waals surface area contributed by atoms with Gasteiger partial charge in [0, 0.05) is 28.0 Å². The molecule has 2 rings (SSSR count). The van der Waals surface area contributed by atoms with Crippen LogP contribution in [0.25, 0.3) is 0 Å². The van der Waals surface area contributed by atoms with Crippen molar-refractivity contribution >= 4 is 46.8 Å². The number of benzene rings is 2. The predicted octanol–water partition coefficient (Wildman–Crippen LogP) is 5.03. The second-order valence-corrected chi connectivity index (χ2v) is 8.07. The third kappa shape index (κ3) is 6.43. The van der Waals surface area contributed by atoms with E-state index in [1.165, 1.54) is 11.8 Å². The number of hydrogen-bond donors (Lipinski definition) is 1. The SMILES string of the molecule is CCNC(=O)C(CC)N(Cc1ccccc1Cl)C(=O)CSc1ccc(Cl)cc1. The van der Waals surface area contributed by atoms with E-state index in [4.69, 9.17) is 23.2 Å². The molecule has 0 aliphatic heterocycles. The molecule has 0 spiro atoms. The Morgan fingerprint density at radius 3 is 2.36 bits per heavy atom. The minimum atomic E-state index is -0.547. The zero-order valence-electron chi connectivity index (χ0n) is 16.0. The van der Waals surface area contributed by atoms with E-state index < -0.39 is 6.04 Å². The van der Waals surface area contributed by atoms with E-state index in [2.05, 4.69) is 5.32 Å². The summed E-state index contributed by atoms with van der Waals surface area (Å²) in [5, 5.41) is 4.06. The Labute approximate surface area is 180 Å². The van der Waals surface area contributed by atoms with Crippen LogP contribution in [0, 0.1) is 0 Å². The van der Waals surface area contributed by atoms with Crippen molar-refractivity contribution in [3.63, 3.8) is 0 Å². The Balaban J connectivity index is 2.20. The lowest BCUT2D eigenvalue weighted by Gasteiger charge is -2.30. The third-order valence-electron chi connectivity index (χ3n) is 4.21. The molecule has 2 amide bonds. The maximum atomic E-state index is 13.1. The second kappa shape index (κ2) is 11.3. The highest BCUT2D eigenvalue weighted by atomic mass is 35.5. The van der Waals surface area contributed by atoms with E-state index in [0.29, 0.717) is 23.0 Å². The Bertz CT molecular complexity index is 799. The number of nitrogens with one attached hydrogen (secondary N) is 1. The summed E-state index contributed by atoms with van der Waals surface area (Å²) in [6, 6.07) is 14.2. The van der Waals surface area contributed by atoms with Crippen molar-refractivity contribution in [3.05, 3.63) is 64.1 Å². The number of amides is 2. The lowest BCUT2D eigenvalue weighted by molar-refractivity contribution is -0.139. The fourth-order valence-electron chi connectivity index (χ4n) is 2.78. The molecule has 0 heterocycles. The molecule has 0 radical (unpaired) electrons. The molecule has 4 nitrogen and oxygen atoms in total. The third-order valence-corrected chi connectivity index (χ3v) is 5.83. The van der Waals surface area contributed by atoms with Gasteiger partial charge in [0.25, 0.3) is 0 Å². The molecule has 28 heavy (non-hydrogen) atoms. The molecule has 0 saturated carbocycles. The van der Waals surface area contributed by atoms with Crippen LogP contribution < -0.4 is 5.32 Å². The molecular weight excluding hydrogens is 415 g/mol. The first kappa shape index (κ1) is 22.6. The number of hydrogen-bond acceptors (Lipinski definition) is 3. The maximum Gasteiger partial charge on any atom is 0.242 e. The van der Waals surface area contributed by atoms with Gasteiger partial charge in [-0.3, -0.25) is 9.59 Å². The van der Waals surface area contributed by atoms with Crippen LogP contribution in [0.1, 0.15) is 25.8 Å². The van der Waals surface area contributed by atoms with Crippen molar-refractivity contribution in [2.75, 3.05) is 12.3 Å². The number of halogens is 2. The van der Waals surface area contributed by atoms with Gasteiger partial charge in [-0.05, 0) is 49.2 Å². The Hall–Kier alpha value is -1.69. The number of nitrogens with zero attached hydrogens (tertiary/aromatic N) is 1. The first-order valence-electron chi connectivity index (χ1n) is 9.15. The van der Waals surface area contributed by atoms with Crippen molar-refractivity contribution in [3.8, 4) is 0 Å². The Morgan fingerprint density at radius 1 is 1.07 bits per heavy atom. The van der Waals surface area contributed by atoms with Gasteiger partial charge < -0.3 is 10.2 Å². The molecule has 1 N–H and O–H groups in total. The zero-order valence-corrected chi connectivity index (χ0v) is 18.3.